The highest BCUT2D eigenvalue weighted by Gasteiger charge is 2.19. The fourth-order valence-electron chi connectivity index (χ4n) is 6.84. The Kier molecular flexibility index (Phi) is 49.5. The molecule has 0 amide bonds. The lowest BCUT2D eigenvalue weighted by Gasteiger charge is -2.18. The molecule has 0 spiro atoms. The van der Waals surface area contributed by atoms with Crippen molar-refractivity contribution in [3.63, 3.8) is 0 Å². The molecular formula is C59H96O6. The maximum atomic E-state index is 12.8. The topological polar surface area (TPSA) is 78.9 Å². The number of carbonyl (C=O) groups excluding carboxylic acids is 3. The van der Waals surface area contributed by atoms with Crippen LogP contribution in [0.2, 0.25) is 0 Å². The molecule has 0 saturated heterocycles. The van der Waals surface area contributed by atoms with Gasteiger partial charge in [-0.2, -0.15) is 0 Å². The number of hydrogen-bond acceptors (Lipinski definition) is 6. The Balaban J connectivity index is 4.54. The Morgan fingerprint density at radius 1 is 0.323 bits per heavy atom. The van der Waals surface area contributed by atoms with Crippen LogP contribution in [0.1, 0.15) is 226 Å². The first kappa shape index (κ1) is 61.1. The predicted molar refractivity (Wildman–Crippen MR) is 279 cm³/mol. The zero-order valence-corrected chi connectivity index (χ0v) is 42.0. The second kappa shape index (κ2) is 52.7. The summed E-state index contributed by atoms with van der Waals surface area (Å²) < 4.78 is 16.7. The molecule has 0 aliphatic carbocycles. The van der Waals surface area contributed by atoms with Crippen molar-refractivity contribution in [2.24, 2.45) is 0 Å². The number of carbonyl (C=O) groups is 3. The molecule has 0 aromatic carbocycles. The van der Waals surface area contributed by atoms with Gasteiger partial charge in [-0.25, -0.2) is 0 Å². The van der Waals surface area contributed by atoms with E-state index in [1.165, 1.54) is 70.6 Å². The van der Waals surface area contributed by atoms with Gasteiger partial charge < -0.3 is 14.2 Å². The van der Waals surface area contributed by atoms with E-state index in [0.29, 0.717) is 19.3 Å². The van der Waals surface area contributed by atoms with E-state index < -0.39 is 6.10 Å². The molecule has 6 heteroatoms. The van der Waals surface area contributed by atoms with Crippen LogP contribution in [0.4, 0.5) is 0 Å². The molecule has 0 heterocycles. The lowest BCUT2D eigenvalue weighted by Crippen LogP contribution is -2.30. The van der Waals surface area contributed by atoms with E-state index in [-0.39, 0.29) is 44.0 Å². The Morgan fingerprint density at radius 2 is 0.615 bits per heavy atom. The normalized spacial score (nSPS) is 13.0. The Bertz CT molecular complexity index is 1360. The maximum Gasteiger partial charge on any atom is 0.306 e. The standard InChI is InChI=1S/C59H96O6/c1-4-7-10-13-16-19-22-25-28-30-32-34-37-40-43-46-49-52-58(61)64-55-56(54-63-57(60)51-48-45-42-39-36-33-27-24-21-18-15-12-9-6-3)65-59(62)53-50-47-44-41-38-35-31-29-26-23-20-17-14-11-8-5-2/h8-9,11-12,17-18,20-21,25-26,28-29,32,34-35,38,40,43,56H,4-7,10,13-16,19,22-24,27,30-31,33,36-37,39,41-42,44-55H2,1-3H3/b11-8-,12-9-,20-17-,21-18-,28-25-,29-26-,34-32-,38-35-,43-40-. The lowest BCUT2D eigenvalue weighted by molar-refractivity contribution is -0.167. The minimum absolute atomic E-state index is 0.113. The molecule has 1 unspecified atom stereocenters. The zero-order chi connectivity index (χ0) is 47.2. The third-order valence-electron chi connectivity index (χ3n) is 10.7. The van der Waals surface area contributed by atoms with E-state index in [4.69, 9.17) is 14.2 Å². The first-order valence-electron chi connectivity index (χ1n) is 26.4. The van der Waals surface area contributed by atoms with Crippen LogP contribution in [-0.4, -0.2) is 37.2 Å². The fraction of sp³-hybridized carbons (Fsp3) is 0.644. The lowest BCUT2D eigenvalue weighted by atomic mass is 10.1. The van der Waals surface area contributed by atoms with E-state index in [1.807, 2.05) is 0 Å². The van der Waals surface area contributed by atoms with Crippen LogP contribution in [0.15, 0.2) is 109 Å². The van der Waals surface area contributed by atoms with Crippen LogP contribution in [0, 0.1) is 0 Å². The van der Waals surface area contributed by atoms with Crippen LogP contribution in [0.25, 0.3) is 0 Å². The third-order valence-corrected chi connectivity index (χ3v) is 10.7. The van der Waals surface area contributed by atoms with E-state index >= 15 is 0 Å². The van der Waals surface area contributed by atoms with Crippen molar-refractivity contribution < 1.29 is 28.6 Å². The molecule has 368 valence electrons. The highest BCUT2D eigenvalue weighted by Crippen LogP contribution is 2.13. The third kappa shape index (κ3) is 50.9. The molecule has 0 aromatic rings. The van der Waals surface area contributed by atoms with Crippen LogP contribution >= 0.6 is 0 Å². The molecular weight excluding hydrogens is 805 g/mol. The summed E-state index contributed by atoms with van der Waals surface area (Å²) in [6.45, 7) is 6.32. The highest BCUT2D eigenvalue weighted by atomic mass is 16.6. The quantitative estimate of drug-likeness (QED) is 0.0262. The van der Waals surface area contributed by atoms with Crippen molar-refractivity contribution in [3.8, 4) is 0 Å². The molecule has 0 bridgehead atoms. The molecule has 0 saturated carbocycles. The fourth-order valence-corrected chi connectivity index (χ4v) is 6.84. The van der Waals surface area contributed by atoms with Gasteiger partial charge in [-0.1, -0.05) is 201 Å². The molecule has 1 atom stereocenters. The molecule has 65 heavy (non-hydrogen) atoms. The van der Waals surface area contributed by atoms with Gasteiger partial charge >= 0.3 is 17.9 Å². The first-order valence-corrected chi connectivity index (χ1v) is 26.4. The molecule has 0 aromatic heterocycles. The number of rotatable bonds is 46. The average molecular weight is 901 g/mol. The summed E-state index contributed by atoms with van der Waals surface area (Å²) in [5.41, 5.74) is 0. The Hall–Kier alpha value is -3.93. The predicted octanol–water partition coefficient (Wildman–Crippen LogP) is 17.5. The minimum atomic E-state index is -0.820. The number of unbranched alkanes of at least 4 members (excludes halogenated alkanes) is 17. The molecule has 0 rings (SSSR count). The van der Waals surface area contributed by atoms with Gasteiger partial charge in [0.1, 0.15) is 13.2 Å². The molecule has 0 aliphatic rings. The van der Waals surface area contributed by atoms with Gasteiger partial charge in [0.05, 0.1) is 0 Å². The first-order chi connectivity index (χ1) is 32.0. The van der Waals surface area contributed by atoms with Crippen molar-refractivity contribution in [2.75, 3.05) is 13.2 Å². The Labute approximate surface area is 400 Å². The van der Waals surface area contributed by atoms with Crippen molar-refractivity contribution in [3.05, 3.63) is 109 Å². The molecule has 0 radical (unpaired) electrons. The van der Waals surface area contributed by atoms with E-state index in [1.54, 1.807) is 0 Å². The summed E-state index contributed by atoms with van der Waals surface area (Å²) >= 11 is 0. The van der Waals surface area contributed by atoms with Crippen molar-refractivity contribution in [1.29, 1.82) is 0 Å². The summed E-state index contributed by atoms with van der Waals surface area (Å²) in [5, 5.41) is 0. The molecule has 6 nitrogen and oxygen atoms in total. The Morgan fingerprint density at radius 3 is 1.02 bits per heavy atom. The summed E-state index contributed by atoms with van der Waals surface area (Å²) in [5.74, 6) is -1.01. The average Bonchev–Trinajstić information content (AvgIpc) is 3.30. The summed E-state index contributed by atoms with van der Waals surface area (Å²) in [7, 11) is 0. The van der Waals surface area contributed by atoms with Crippen LogP contribution in [-0.2, 0) is 28.6 Å². The van der Waals surface area contributed by atoms with Crippen LogP contribution < -0.4 is 0 Å². The van der Waals surface area contributed by atoms with Crippen molar-refractivity contribution >= 4 is 17.9 Å². The molecule has 0 N–H and O–H groups in total. The monoisotopic (exact) mass is 901 g/mol. The van der Waals surface area contributed by atoms with Gasteiger partial charge in [-0.3, -0.25) is 14.4 Å². The zero-order valence-electron chi connectivity index (χ0n) is 42.0. The smallest absolute Gasteiger partial charge is 0.306 e. The number of hydrogen-bond donors (Lipinski definition) is 0. The summed E-state index contributed by atoms with van der Waals surface area (Å²) in [6, 6.07) is 0. The van der Waals surface area contributed by atoms with Gasteiger partial charge in [-0.05, 0) is 116 Å². The largest absolute Gasteiger partial charge is 0.462 e. The highest BCUT2D eigenvalue weighted by molar-refractivity contribution is 5.71. The van der Waals surface area contributed by atoms with Gasteiger partial charge in [0.15, 0.2) is 6.10 Å². The van der Waals surface area contributed by atoms with Crippen LogP contribution in [0.3, 0.4) is 0 Å². The van der Waals surface area contributed by atoms with Crippen molar-refractivity contribution in [1.82, 2.24) is 0 Å². The minimum Gasteiger partial charge on any atom is -0.462 e. The second-order valence-corrected chi connectivity index (χ2v) is 17.0. The van der Waals surface area contributed by atoms with Gasteiger partial charge in [0.25, 0.3) is 0 Å². The van der Waals surface area contributed by atoms with Gasteiger partial charge in [0, 0.05) is 19.3 Å². The summed E-state index contributed by atoms with van der Waals surface area (Å²) in [4.78, 5) is 38.0. The number of esters is 3. The second-order valence-electron chi connectivity index (χ2n) is 17.0. The van der Waals surface area contributed by atoms with Crippen molar-refractivity contribution in [2.45, 2.75) is 232 Å². The van der Waals surface area contributed by atoms with Gasteiger partial charge in [-0.15, -0.1) is 0 Å². The number of ether oxygens (including phenoxy) is 3. The van der Waals surface area contributed by atoms with E-state index in [9.17, 15) is 14.4 Å². The van der Waals surface area contributed by atoms with E-state index in [2.05, 4.69) is 130 Å². The van der Waals surface area contributed by atoms with E-state index in [0.717, 1.165) is 103 Å². The maximum absolute atomic E-state index is 12.8. The van der Waals surface area contributed by atoms with Gasteiger partial charge in [0.2, 0.25) is 0 Å². The SMILES string of the molecule is CC/C=C\C/C=C\C/C=C\C/C=C\CCCCCC(=O)OC(COC(=O)CCC/C=C\C/C=C\C/C=C\CCCCCCCC)COC(=O)CCCCCCCCC/C=C\C/C=C\CC. The number of allylic oxidation sites excluding steroid dienone is 18. The van der Waals surface area contributed by atoms with Crippen LogP contribution in [0.5, 0.6) is 0 Å². The summed E-state index contributed by atoms with van der Waals surface area (Å²) in [6.07, 6.45) is 70.8. The molecule has 0 fully saturated rings. The molecule has 0 aliphatic heterocycles.